The van der Waals surface area contributed by atoms with Crippen LogP contribution in [0.4, 0.5) is 0 Å². The summed E-state index contributed by atoms with van der Waals surface area (Å²) in [4.78, 5) is 24.2. The summed E-state index contributed by atoms with van der Waals surface area (Å²) in [5.41, 5.74) is 0. The highest BCUT2D eigenvalue weighted by Gasteiger charge is 1.93. The Balaban J connectivity index is -0.000000114. The van der Waals surface area contributed by atoms with E-state index in [2.05, 4.69) is 11.9 Å². The summed E-state index contributed by atoms with van der Waals surface area (Å²) in [6, 6.07) is 0. The first-order valence-corrected chi connectivity index (χ1v) is 3.40. The Morgan fingerprint density at radius 3 is 1.91 bits per heavy atom. The first-order valence-electron chi connectivity index (χ1n) is 2.23. The minimum absolute atomic E-state index is 0. The second-order valence-electron chi connectivity index (χ2n) is 1.07. The van der Waals surface area contributed by atoms with E-state index in [4.69, 9.17) is 14.4 Å². The van der Waals surface area contributed by atoms with E-state index in [1.807, 2.05) is 0 Å². The van der Waals surface area contributed by atoms with Gasteiger partial charge in [-0.15, -0.1) is 9.79 Å². The van der Waals surface area contributed by atoms with Gasteiger partial charge in [0.1, 0.15) is 0 Å². The van der Waals surface area contributed by atoms with Crippen molar-refractivity contribution in [2.45, 2.75) is 7.43 Å². The first-order chi connectivity index (χ1) is 4.54. The lowest BCUT2D eigenvalue weighted by Crippen LogP contribution is -2.13. The van der Waals surface area contributed by atoms with E-state index in [9.17, 15) is 4.79 Å². The van der Waals surface area contributed by atoms with Gasteiger partial charge in [-0.2, -0.15) is 0 Å². The van der Waals surface area contributed by atoms with Crippen molar-refractivity contribution in [3.05, 3.63) is 12.7 Å². The molecule has 0 aliphatic rings. The van der Waals surface area contributed by atoms with Gasteiger partial charge in [0, 0.05) is 11.6 Å². The van der Waals surface area contributed by atoms with Crippen molar-refractivity contribution >= 4 is 14.2 Å². The van der Waals surface area contributed by atoms with Crippen LogP contribution < -0.4 is 5.32 Å². The maximum absolute atomic E-state index is 9.95. The molecule has 0 aromatic rings. The van der Waals surface area contributed by atoms with E-state index in [0.29, 0.717) is 0 Å². The van der Waals surface area contributed by atoms with Gasteiger partial charge >= 0.3 is 8.25 Å². The molecule has 6 heteroatoms. The summed E-state index contributed by atoms with van der Waals surface area (Å²) in [7, 11) is -1.31. The van der Waals surface area contributed by atoms with Gasteiger partial charge in [0.2, 0.25) is 5.91 Å². The van der Waals surface area contributed by atoms with E-state index in [0.717, 1.165) is 0 Å². The number of nitrogens with one attached hydrogen (secondary N) is 1. The van der Waals surface area contributed by atoms with Gasteiger partial charge in [-0.25, -0.2) is 0 Å². The van der Waals surface area contributed by atoms with Crippen LogP contribution in [0.2, 0.25) is 0 Å². The van der Waals surface area contributed by atoms with E-state index in [1.54, 1.807) is 7.05 Å². The van der Waals surface area contributed by atoms with E-state index in [1.165, 1.54) is 6.08 Å². The molecule has 0 aliphatic heterocycles. The summed E-state index contributed by atoms with van der Waals surface area (Å²) >= 11 is 0. The number of amides is 1. The van der Waals surface area contributed by atoms with E-state index in [-0.39, 0.29) is 13.3 Å². The molecule has 11 heavy (non-hydrogen) atoms. The number of carbonyl (C=O) groups is 1. The fourth-order valence-corrected chi connectivity index (χ4v) is 0.102. The van der Waals surface area contributed by atoms with E-state index < -0.39 is 8.25 Å². The molecule has 0 saturated carbocycles. The molecule has 0 aromatic carbocycles. The van der Waals surface area contributed by atoms with Crippen molar-refractivity contribution in [1.82, 2.24) is 5.32 Å². The molecule has 0 heterocycles. The Morgan fingerprint density at radius 1 is 1.64 bits per heavy atom. The predicted octanol–water partition coefficient (Wildman–Crippen LogP) is 0.183. The maximum Gasteiger partial charge on any atom is 0.692 e. The Morgan fingerprint density at radius 2 is 1.91 bits per heavy atom. The third kappa shape index (κ3) is 46.2. The molecule has 0 atom stereocenters. The Labute approximate surface area is 66.7 Å². The smallest absolute Gasteiger partial charge is 0.356 e. The van der Waals surface area contributed by atoms with Crippen molar-refractivity contribution in [3.8, 4) is 0 Å². The molecule has 0 aliphatic carbocycles. The highest BCUT2D eigenvalue weighted by molar-refractivity contribution is 7.30. The third-order valence-corrected chi connectivity index (χ3v) is 0.432. The van der Waals surface area contributed by atoms with Crippen LogP contribution in [0.1, 0.15) is 7.43 Å². The van der Waals surface area contributed by atoms with Crippen molar-refractivity contribution < 1.29 is 19.1 Å². The summed E-state index contributed by atoms with van der Waals surface area (Å²) < 4.78 is 8.70. The van der Waals surface area contributed by atoms with E-state index >= 15 is 0 Å². The largest absolute Gasteiger partial charge is 0.692 e. The van der Waals surface area contributed by atoms with Crippen LogP contribution >= 0.6 is 8.25 Å². The molecule has 0 radical (unpaired) electrons. The molecule has 0 fully saturated rings. The molecular weight excluding hydrogens is 169 g/mol. The van der Waals surface area contributed by atoms with Crippen LogP contribution in [0.5, 0.6) is 0 Å². The summed E-state index contributed by atoms with van der Waals surface area (Å²) in [5.74, 6) is -0.144. The number of hydrogen-bond acceptors (Lipinski definition) is 2. The van der Waals surface area contributed by atoms with Gasteiger partial charge in [0.15, 0.2) is 0 Å². The average Bonchev–Trinajstić information content (AvgIpc) is 1.85. The summed E-state index contributed by atoms with van der Waals surface area (Å²) in [5, 5.41) is 2.36. The number of likely N-dealkylation sites (N-methyl/N-ethyl adjacent to an activating group) is 1. The molecule has 66 valence electrons. The zero-order valence-corrected chi connectivity index (χ0v) is 6.34. The molecular formula is C5H13NO4P+. The zero-order valence-electron chi connectivity index (χ0n) is 5.44. The number of carbonyl (C=O) groups excluding carboxylic acids is 1. The van der Waals surface area contributed by atoms with Gasteiger partial charge < -0.3 is 5.32 Å². The molecule has 5 nitrogen and oxygen atoms in total. The van der Waals surface area contributed by atoms with Crippen molar-refractivity contribution in [1.29, 1.82) is 0 Å². The minimum atomic E-state index is -2.87. The topological polar surface area (TPSA) is 86.6 Å². The lowest BCUT2D eigenvalue weighted by molar-refractivity contribution is -0.116. The molecule has 1 amide bonds. The predicted molar refractivity (Wildman–Crippen MR) is 43.0 cm³/mol. The first kappa shape index (κ1) is 16.7. The standard InChI is InChI=1S/C4H7NO.CH4.HO3P/c1-3-4(6)5-2;;1-4(2)3/h3H,1H2,2H3,(H,5,6);1H4;(H-,1,2,3)/p+1. The lowest BCUT2D eigenvalue weighted by Gasteiger charge is -1.82. The quantitative estimate of drug-likeness (QED) is 0.399. The highest BCUT2D eigenvalue weighted by Crippen LogP contribution is 1.98. The highest BCUT2D eigenvalue weighted by atomic mass is 31.1. The van der Waals surface area contributed by atoms with Crippen molar-refractivity contribution in [3.63, 3.8) is 0 Å². The Kier molecular flexibility index (Phi) is 18.1. The van der Waals surface area contributed by atoms with Gasteiger partial charge in [-0.05, 0) is 6.08 Å². The molecule has 0 spiro atoms. The molecule has 0 bridgehead atoms. The fraction of sp³-hybridized carbons (Fsp3) is 0.400. The zero-order chi connectivity index (χ0) is 8.57. The summed E-state index contributed by atoms with van der Waals surface area (Å²) in [6.07, 6.45) is 1.22. The molecule has 0 rings (SSSR count). The summed E-state index contributed by atoms with van der Waals surface area (Å²) in [6.45, 7) is 3.22. The van der Waals surface area contributed by atoms with Gasteiger partial charge in [-0.3, -0.25) is 4.79 Å². The van der Waals surface area contributed by atoms with Crippen molar-refractivity contribution in [2.24, 2.45) is 0 Å². The van der Waals surface area contributed by atoms with Crippen molar-refractivity contribution in [2.75, 3.05) is 7.05 Å². The molecule has 0 saturated heterocycles. The van der Waals surface area contributed by atoms with Gasteiger partial charge in [0.25, 0.3) is 0 Å². The second-order valence-corrected chi connectivity index (χ2v) is 1.58. The Bertz CT molecular complexity index is 132. The Hall–Kier alpha value is -0.770. The van der Waals surface area contributed by atoms with Gasteiger partial charge in [0.05, 0.1) is 0 Å². The van der Waals surface area contributed by atoms with Crippen LogP contribution in [-0.4, -0.2) is 22.7 Å². The van der Waals surface area contributed by atoms with Crippen LogP contribution in [0.15, 0.2) is 12.7 Å². The maximum atomic E-state index is 9.95. The second kappa shape index (κ2) is 12.0. The SMILES string of the molecule is C.C=CC(=O)NC.O=[P+](O)O. The monoisotopic (exact) mass is 182 g/mol. The molecule has 3 N–H and O–H groups in total. The van der Waals surface area contributed by atoms with Crippen LogP contribution in [0, 0.1) is 0 Å². The minimum Gasteiger partial charge on any atom is -0.356 e. The number of rotatable bonds is 1. The number of hydrogen-bond donors (Lipinski definition) is 3. The van der Waals surface area contributed by atoms with Gasteiger partial charge in [-0.1, -0.05) is 14.0 Å². The third-order valence-electron chi connectivity index (χ3n) is 0.432. The van der Waals surface area contributed by atoms with Crippen LogP contribution in [0.3, 0.4) is 0 Å². The fourth-order valence-electron chi connectivity index (χ4n) is 0.102. The molecule has 0 unspecified atom stereocenters. The average molecular weight is 182 g/mol. The van der Waals surface area contributed by atoms with Crippen LogP contribution in [-0.2, 0) is 9.36 Å². The normalized spacial score (nSPS) is 6.09. The van der Waals surface area contributed by atoms with Crippen LogP contribution in [0.25, 0.3) is 0 Å². The molecule has 0 aromatic heterocycles. The lowest BCUT2D eigenvalue weighted by atomic mass is 10.6.